The molecule has 0 saturated heterocycles. The van der Waals surface area contributed by atoms with Crippen molar-refractivity contribution in [3.63, 3.8) is 0 Å². The zero-order chi connectivity index (χ0) is 13.5. The number of hydrogen-bond donors (Lipinski definition) is 1. The van der Waals surface area contributed by atoms with Crippen LogP contribution >= 0.6 is 0 Å². The number of aromatic amines is 1. The van der Waals surface area contributed by atoms with Crippen LogP contribution in [0.2, 0.25) is 0 Å². The molecule has 0 fully saturated rings. The second kappa shape index (κ2) is 6.68. The molecule has 5 heteroatoms. The first-order valence-electron chi connectivity index (χ1n) is 6.44. The minimum atomic E-state index is 0.753. The molecule has 0 atom stereocenters. The minimum Gasteiger partial charge on any atom is -0.494 e. The Labute approximate surface area is 112 Å². The molecule has 0 saturated carbocycles. The Bertz CT molecular complexity index is 531. The first kappa shape index (κ1) is 13.3. The number of aromatic nitrogens is 2. The molecular weight excluding hydrogens is 240 g/mol. The van der Waals surface area contributed by atoms with Gasteiger partial charge in [-0.2, -0.15) is 10.2 Å². The van der Waals surface area contributed by atoms with Crippen molar-refractivity contribution in [2.45, 2.75) is 26.7 Å². The van der Waals surface area contributed by atoms with E-state index in [9.17, 15) is 0 Å². The molecule has 0 unspecified atom stereocenters. The number of nitrogens with zero attached hydrogens (tertiary/aromatic N) is 3. The van der Waals surface area contributed by atoms with Crippen LogP contribution < -0.4 is 4.74 Å². The van der Waals surface area contributed by atoms with Crippen LogP contribution in [-0.2, 0) is 0 Å². The summed E-state index contributed by atoms with van der Waals surface area (Å²) in [7, 11) is 0. The van der Waals surface area contributed by atoms with E-state index in [1.807, 2.05) is 31.2 Å². The largest absolute Gasteiger partial charge is 0.494 e. The molecular formula is C14H18N4O. The Morgan fingerprint density at radius 1 is 1.21 bits per heavy atom. The lowest BCUT2D eigenvalue weighted by Gasteiger charge is -2.04. The van der Waals surface area contributed by atoms with Crippen molar-refractivity contribution in [1.82, 2.24) is 10.2 Å². The Morgan fingerprint density at radius 3 is 2.63 bits per heavy atom. The molecule has 2 rings (SSSR count). The Hall–Kier alpha value is -2.17. The van der Waals surface area contributed by atoms with Crippen LogP contribution in [0.5, 0.6) is 5.75 Å². The van der Waals surface area contributed by atoms with Gasteiger partial charge in [0.15, 0.2) is 0 Å². The summed E-state index contributed by atoms with van der Waals surface area (Å²) in [5.74, 6) is 0.867. The fourth-order valence-electron chi connectivity index (χ4n) is 1.50. The molecule has 0 aliphatic rings. The van der Waals surface area contributed by atoms with Gasteiger partial charge in [-0.3, -0.25) is 5.10 Å². The molecule has 1 aromatic heterocycles. The lowest BCUT2D eigenvalue weighted by molar-refractivity contribution is 0.309. The molecule has 0 aliphatic heterocycles. The third-order valence-electron chi connectivity index (χ3n) is 2.68. The first-order valence-corrected chi connectivity index (χ1v) is 6.44. The van der Waals surface area contributed by atoms with Crippen LogP contribution in [0.3, 0.4) is 0 Å². The summed E-state index contributed by atoms with van der Waals surface area (Å²) in [6, 6.07) is 7.60. The zero-order valence-corrected chi connectivity index (χ0v) is 11.3. The number of hydrogen-bond acceptors (Lipinski definition) is 4. The number of nitrogens with one attached hydrogen (secondary N) is 1. The van der Waals surface area contributed by atoms with Crippen molar-refractivity contribution in [2.24, 2.45) is 10.2 Å². The average molecular weight is 258 g/mol. The van der Waals surface area contributed by atoms with Gasteiger partial charge in [0.2, 0.25) is 0 Å². The highest BCUT2D eigenvalue weighted by Crippen LogP contribution is 2.22. The van der Waals surface area contributed by atoms with E-state index in [1.54, 1.807) is 6.20 Å². The second-order valence-electron chi connectivity index (χ2n) is 4.28. The van der Waals surface area contributed by atoms with E-state index in [4.69, 9.17) is 4.74 Å². The summed E-state index contributed by atoms with van der Waals surface area (Å²) in [5, 5.41) is 15.0. The van der Waals surface area contributed by atoms with E-state index in [-0.39, 0.29) is 0 Å². The molecule has 0 bridgehead atoms. The van der Waals surface area contributed by atoms with Crippen LogP contribution in [0.15, 0.2) is 40.7 Å². The maximum Gasteiger partial charge on any atom is 0.126 e. The summed E-state index contributed by atoms with van der Waals surface area (Å²) in [4.78, 5) is 0. The lowest BCUT2D eigenvalue weighted by Crippen LogP contribution is -1.95. The molecule has 100 valence electrons. The SMILES string of the molecule is CCCCOc1ccc(/N=N/c2cn[nH]c2C)cc1. The molecule has 0 radical (unpaired) electrons. The van der Waals surface area contributed by atoms with Gasteiger partial charge < -0.3 is 4.74 Å². The predicted molar refractivity (Wildman–Crippen MR) is 74.3 cm³/mol. The van der Waals surface area contributed by atoms with Gasteiger partial charge in [-0.1, -0.05) is 13.3 Å². The van der Waals surface area contributed by atoms with E-state index in [0.29, 0.717) is 0 Å². The van der Waals surface area contributed by atoms with Gasteiger partial charge in [0.25, 0.3) is 0 Å². The molecule has 2 aromatic rings. The van der Waals surface area contributed by atoms with Gasteiger partial charge in [0.05, 0.1) is 24.2 Å². The number of azo groups is 1. The number of ether oxygens (including phenoxy) is 1. The fraction of sp³-hybridized carbons (Fsp3) is 0.357. The molecule has 0 aliphatic carbocycles. The quantitative estimate of drug-likeness (QED) is 0.619. The first-order chi connectivity index (χ1) is 9.29. The Balaban J connectivity index is 1.95. The summed E-state index contributed by atoms with van der Waals surface area (Å²) >= 11 is 0. The monoisotopic (exact) mass is 258 g/mol. The highest BCUT2D eigenvalue weighted by Gasteiger charge is 1.98. The van der Waals surface area contributed by atoms with E-state index in [1.165, 1.54) is 0 Å². The van der Waals surface area contributed by atoms with Crippen molar-refractivity contribution in [3.05, 3.63) is 36.2 Å². The van der Waals surface area contributed by atoms with E-state index in [0.717, 1.165) is 42.3 Å². The van der Waals surface area contributed by atoms with Crippen molar-refractivity contribution < 1.29 is 4.74 Å². The van der Waals surface area contributed by atoms with Gasteiger partial charge in [0, 0.05) is 0 Å². The molecule has 1 aromatic carbocycles. The number of rotatable bonds is 6. The summed E-state index contributed by atoms with van der Waals surface area (Å²) in [6.45, 7) is 4.81. The van der Waals surface area contributed by atoms with Gasteiger partial charge >= 0.3 is 0 Å². The van der Waals surface area contributed by atoms with Crippen LogP contribution in [0.25, 0.3) is 0 Å². The van der Waals surface area contributed by atoms with E-state index < -0.39 is 0 Å². The second-order valence-corrected chi connectivity index (χ2v) is 4.28. The summed E-state index contributed by atoms with van der Waals surface area (Å²) < 4.78 is 5.58. The molecule has 19 heavy (non-hydrogen) atoms. The maximum absolute atomic E-state index is 5.58. The van der Waals surface area contributed by atoms with Gasteiger partial charge in [-0.05, 0) is 37.6 Å². The Morgan fingerprint density at radius 2 is 2.00 bits per heavy atom. The number of H-pyrrole nitrogens is 1. The Kier molecular flexibility index (Phi) is 4.66. The van der Waals surface area contributed by atoms with Crippen molar-refractivity contribution in [1.29, 1.82) is 0 Å². The lowest BCUT2D eigenvalue weighted by atomic mass is 10.3. The van der Waals surface area contributed by atoms with Crippen molar-refractivity contribution in [3.8, 4) is 5.75 Å². The van der Waals surface area contributed by atoms with E-state index >= 15 is 0 Å². The van der Waals surface area contributed by atoms with Crippen LogP contribution in [0.1, 0.15) is 25.5 Å². The number of unbranched alkanes of at least 4 members (excludes halogenated alkanes) is 1. The fourth-order valence-corrected chi connectivity index (χ4v) is 1.50. The predicted octanol–water partition coefficient (Wildman–Crippen LogP) is 4.31. The smallest absolute Gasteiger partial charge is 0.126 e. The highest BCUT2D eigenvalue weighted by molar-refractivity contribution is 5.43. The van der Waals surface area contributed by atoms with Crippen LogP contribution in [0.4, 0.5) is 11.4 Å². The van der Waals surface area contributed by atoms with Crippen molar-refractivity contribution in [2.75, 3.05) is 6.61 Å². The number of aryl methyl sites for hydroxylation is 1. The standard InChI is InChI=1S/C14H18N4O/c1-3-4-9-19-13-7-5-12(6-8-13)17-18-14-10-15-16-11(14)2/h5-8,10H,3-4,9H2,1-2H3,(H,15,16)/b18-17+. The van der Waals surface area contributed by atoms with Crippen LogP contribution in [0, 0.1) is 6.92 Å². The van der Waals surface area contributed by atoms with Crippen molar-refractivity contribution >= 4 is 11.4 Å². The molecule has 0 spiro atoms. The topological polar surface area (TPSA) is 62.6 Å². The zero-order valence-electron chi connectivity index (χ0n) is 11.3. The molecule has 5 nitrogen and oxygen atoms in total. The van der Waals surface area contributed by atoms with Crippen LogP contribution in [-0.4, -0.2) is 16.8 Å². The summed E-state index contributed by atoms with van der Waals surface area (Å²) in [5.41, 5.74) is 2.45. The average Bonchev–Trinajstić information content (AvgIpc) is 2.84. The van der Waals surface area contributed by atoms with Gasteiger partial charge in [-0.15, -0.1) is 5.11 Å². The molecule has 0 amide bonds. The normalized spacial score (nSPS) is 11.1. The highest BCUT2D eigenvalue weighted by atomic mass is 16.5. The maximum atomic E-state index is 5.58. The third-order valence-corrected chi connectivity index (χ3v) is 2.68. The van der Waals surface area contributed by atoms with Gasteiger partial charge in [0.1, 0.15) is 11.4 Å². The molecule has 1 heterocycles. The number of benzene rings is 1. The molecule has 1 N–H and O–H groups in total. The third kappa shape index (κ3) is 3.91. The van der Waals surface area contributed by atoms with Gasteiger partial charge in [-0.25, -0.2) is 0 Å². The van der Waals surface area contributed by atoms with E-state index in [2.05, 4.69) is 27.3 Å². The minimum absolute atomic E-state index is 0.753. The summed E-state index contributed by atoms with van der Waals surface area (Å²) in [6.07, 6.45) is 3.86.